The number of methoxy groups -OCH3 is 1. The van der Waals surface area contributed by atoms with Crippen molar-refractivity contribution in [3.63, 3.8) is 0 Å². The number of aryl methyl sites for hydroxylation is 1. The van der Waals surface area contributed by atoms with Gasteiger partial charge in [-0.05, 0) is 70.4 Å². The largest absolute Gasteiger partial charge is 0.493 e. The molecule has 1 N–H and O–H groups in total. The second-order valence-electron chi connectivity index (χ2n) is 6.89. The number of halogens is 2. The fourth-order valence-electron chi connectivity index (χ4n) is 2.76. The Morgan fingerprint density at radius 3 is 2.38 bits per heavy atom. The summed E-state index contributed by atoms with van der Waals surface area (Å²) in [5.41, 5.74) is 5.51. The van der Waals surface area contributed by atoms with E-state index in [1.165, 1.54) is 13.3 Å². The van der Waals surface area contributed by atoms with Gasteiger partial charge in [0.1, 0.15) is 0 Å². The number of ether oxygens (including phenoxy) is 2. The molecule has 164 valence electrons. The molecule has 0 atom stereocenters. The van der Waals surface area contributed by atoms with Crippen LogP contribution in [0.1, 0.15) is 27.0 Å². The second-order valence-corrected chi connectivity index (χ2v) is 8.66. The molecule has 8 heteroatoms. The van der Waals surface area contributed by atoms with Gasteiger partial charge in [0, 0.05) is 4.47 Å². The van der Waals surface area contributed by atoms with Crippen molar-refractivity contribution in [3.05, 3.63) is 91.9 Å². The van der Waals surface area contributed by atoms with E-state index in [0.29, 0.717) is 21.3 Å². The topological polar surface area (TPSA) is 77.0 Å². The Labute approximate surface area is 202 Å². The van der Waals surface area contributed by atoms with E-state index >= 15 is 0 Å². The fourth-order valence-corrected chi connectivity index (χ4v) is 3.57. The zero-order valence-electron chi connectivity index (χ0n) is 17.4. The van der Waals surface area contributed by atoms with Gasteiger partial charge in [-0.3, -0.25) is 4.79 Å². The van der Waals surface area contributed by atoms with Crippen molar-refractivity contribution < 1.29 is 19.1 Å². The van der Waals surface area contributed by atoms with Crippen LogP contribution in [0.5, 0.6) is 11.5 Å². The van der Waals surface area contributed by atoms with Gasteiger partial charge < -0.3 is 9.47 Å². The highest BCUT2D eigenvalue weighted by molar-refractivity contribution is 9.10. The van der Waals surface area contributed by atoms with Crippen LogP contribution in [0.2, 0.25) is 0 Å². The highest BCUT2D eigenvalue weighted by atomic mass is 79.9. The van der Waals surface area contributed by atoms with E-state index in [1.807, 2.05) is 43.3 Å². The molecule has 0 radical (unpaired) electrons. The molecule has 0 saturated heterocycles. The first-order valence-corrected chi connectivity index (χ1v) is 11.2. The molecular weight excluding hydrogens is 540 g/mol. The molecule has 0 aromatic heterocycles. The van der Waals surface area contributed by atoms with Crippen molar-refractivity contribution in [3.8, 4) is 11.5 Å². The van der Waals surface area contributed by atoms with Gasteiger partial charge >= 0.3 is 5.97 Å². The number of amides is 1. The van der Waals surface area contributed by atoms with Crippen molar-refractivity contribution in [2.75, 3.05) is 7.11 Å². The first kappa shape index (κ1) is 23.7. The highest BCUT2D eigenvalue weighted by Crippen LogP contribution is 2.36. The number of hydrogen-bond acceptors (Lipinski definition) is 5. The van der Waals surface area contributed by atoms with Gasteiger partial charge in [0.2, 0.25) is 5.91 Å². The Morgan fingerprint density at radius 1 is 1.03 bits per heavy atom. The summed E-state index contributed by atoms with van der Waals surface area (Å²) in [6.45, 7) is 1.94. The summed E-state index contributed by atoms with van der Waals surface area (Å²) in [5.74, 6) is -0.124. The van der Waals surface area contributed by atoms with Crippen molar-refractivity contribution >= 4 is 50.0 Å². The van der Waals surface area contributed by atoms with Crippen molar-refractivity contribution in [2.24, 2.45) is 5.10 Å². The summed E-state index contributed by atoms with van der Waals surface area (Å²) in [7, 11) is 1.48. The molecule has 0 aliphatic rings. The Morgan fingerprint density at radius 2 is 1.72 bits per heavy atom. The van der Waals surface area contributed by atoms with E-state index < -0.39 is 5.97 Å². The Kier molecular flexibility index (Phi) is 8.19. The first-order valence-electron chi connectivity index (χ1n) is 9.58. The van der Waals surface area contributed by atoms with Crippen LogP contribution >= 0.6 is 31.9 Å². The third-order valence-electron chi connectivity index (χ3n) is 4.41. The maximum Gasteiger partial charge on any atom is 0.343 e. The minimum atomic E-state index is -0.495. The first-order chi connectivity index (χ1) is 15.4. The Bertz CT molecular complexity index is 1140. The number of esters is 1. The predicted molar refractivity (Wildman–Crippen MR) is 130 cm³/mol. The summed E-state index contributed by atoms with van der Waals surface area (Å²) < 4.78 is 12.4. The van der Waals surface area contributed by atoms with Gasteiger partial charge in [0.05, 0.1) is 29.8 Å². The van der Waals surface area contributed by atoms with Crippen molar-refractivity contribution in [2.45, 2.75) is 13.3 Å². The van der Waals surface area contributed by atoms with Gasteiger partial charge in [0.15, 0.2) is 11.5 Å². The van der Waals surface area contributed by atoms with E-state index in [2.05, 4.69) is 42.4 Å². The van der Waals surface area contributed by atoms with Crippen molar-refractivity contribution in [1.29, 1.82) is 0 Å². The molecule has 6 nitrogen and oxygen atoms in total. The zero-order valence-corrected chi connectivity index (χ0v) is 20.6. The number of rotatable bonds is 7. The maximum absolute atomic E-state index is 12.5. The zero-order chi connectivity index (χ0) is 23.1. The van der Waals surface area contributed by atoms with Gasteiger partial charge in [-0.1, -0.05) is 45.8 Å². The molecule has 0 bridgehead atoms. The summed E-state index contributed by atoms with van der Waals surface area (Å²) >= 11 is 6.78. The number of hydrogen-bond donors (Lipinski definition) is 1. The highest BCUT2D eigenvalue weighted by Gasteiger charge is 2.16. The number of nitrogens with one attached hydrogen (secondary N) is 1. The number of hydrazone groups is 1. The SMILES string of the molecule is COc1cc(/C=N/NC(=O)Cc2ccc(Br)cc2)cc(Br)c1OC(=O)c1ccc(C)cc1. The van der Waals surface area contributed by atoms with E-state index in [4.69, 9.17) is 9.47 Å². The lowest BCUT2D eigenvalue weighted by atomic mass is 10.1. The number of benzene rings is 3. The molecule has 3 aromatic carbocycles. The molecule has 0 unspecified atom stereocenters. The second kappa shape index (κ2) is 11.1. The monoisotopic (exact) mass is 558 g/mol. The maximum atomic E-state index is 12.5. The van der Waals surface area contributed by atoms with E-state index in [9.17, 15) is 9.59 Å². The minimum Gasteiger partial charge on any atom is -0.493 e. The molecule has 0 aliphatic heterocycles. The normalized spacial score (nSPS) is 10.8. The van der Waals surface area contributed by atoms with Crippen LogP contribution in [0.3, 0.4) is 0 Å². The summed E-state index contributed by atoms with van der Waals surface area (Å²) in [4.78, 5) is 24.6. The summed E-state index contributed by atoms with van der Waals surface area (Å²) in [5, 5.41) is 4.00. The van der Waals surface area contributed by atoms with E-state index in [0.717, 1.165) is 15.6 Å². The molecule has 0 heterocycles. The Hall–Kier alpha value is -2.97. The molecule has 0 saturated carbocycles. The number of carbonyl (C=O) groups is 2. The molecule has 3 aromatic rings. The van der Waals surface area contributed by atoms with Crippen LogP contribution in [0.15, 0.2) is 74.7 Å². The van der Waals surface area contributed by atoms with Gasteiger partial charge in [-0.15, -0.1) is 0 Å². The summed E-state index contributed by atoms with van der Waals surface area (Å²) in [6, 6.07) is 18.0. The molecule has 1 amide bonds. The third-order valence-corrected chi connectivity index (χ3v) is 5.53. The van der Waals surface area contributed by atoms with Crippen LogP contribution in [0, 0.1) is 6.92 Å². The van der Waals surface area contributed by atoms with Gasteiger partial charge in [-0.25, -0.2) is 10.2 Å². The lowest BCUT2D eigenvalue weighted by Gasteiger charge is -2.12. The molecule has 32 heavy (non-hydrogen) atoms. The predicted octanol–water partition coefficient (Wildman–Crippen LogP) is 5.44. The van der Waals surface area contributed by atoms with Crippen LogP contribution in [0.4, 0.5) is 0 Å². The molecule has 0 spiro atoms. The molecular formula is C24H20Br2N2O4. The molecule has 0 fully saturated rings. The van der Waals surface area contributed by atoms with Crippen LogP contribution in [-0.2, 0) is 11.2 Å². The lowest BCUT2D eigenvalue weighted by Crippen LogP contribution is -2.19. The quantitative estimate of drug-likeness (QED) is 0.181. The van der Waals surface area contributed by atoms with Gasteiger partial charge in [-0.2, -0.15) is 5.10 Å². The van der Waals surface area contributed by atoms with Crippen LogP contribution < -0.4 is 14.9 Å². The smallest absolute Gasteiger partial charge is 0.343 e. The molecule has 0 aliphatic carbocycles. The minimum absolute atomic E-state index is 0.214. The van der Waals surface area contributed by atoms with Gasteiger partial charge in [0.25, 0.3) is 0 Å². The number of nitrogens with zero attached hydrogens (tertiary/aromatic N) is 1. The van der Waals surface area contributed by atoms with E-state index in [-0.39, 0.29) is 18.1 Å². The standard InChI is InChI=1S/C24H20Br2N2O4/c1-15-3-7-18(8-4-15)24(30)32-23-20(26)11-17(12-21(23)31-2)14-27-28-22(29)13-16-5-9-19(25)10-6-16/h3-12,14H,13H2,1-2H3,(H,28,29)/b27-14+. The molecule has 3 rings (SSSR count). The lowest BCUT2D eigenvalue weighted by molar-refractivity contribution is -0.120. The average Bonchev–Trinajstić information content (AvgIpc) is 2.77. The van der Waals surface area contributed by atoms with Crippen LogP contribution in [-0.4, -0.2) is 25.2 Å². The van der Waals surface area contributed by atoms with E-state index in [1.54, 1.807) is 24.3 Å². The summed E-state index contributed by atoms with van der Waals surface area (Å²) in [6.07, 6.45) is 1.70. The van der Waals surface area contributed by atoms with Crippen molar-refractivity contribution in [1.82, 2.24) is 5.43 Å². The fraction of sp³-hybridized carbons (Fsp3) is 0.125. The van der Waals surface area contributed by atoms with Crippen LogP contribution in [0.25, 0.3) is 0 Å². The third kappa shape index (κ3) is 6.51. The Balaban J connectivity index is 1.67. The number of carbonyl (C=O) groups excluding carboxylic acids is 2. The average molecular weight is 560 g/mol.